The monoisotopic (exact) mass is 551 g/mol. The summed E-state index contributed by atoms with van der Waals surface area (Å²) in [4.78, 5) is 15.2. The molecule has 0 amide bonds. The zero-order chi connectivity index (χ0) is 26.9. The molecule has 0 unspecified atom stereocenters. The summed E-state index contributed by atoms with van der Waals surface area (Å²) in [5, 5.41) is 4.07. The lowest BCUT2D eigenvalue weighted by molar-refractivity contribution is 0.0358. The van der Waals surface area contributed by atoms with E-state index >= 15 is 4.39 Å². The number of ether oxygens (including phenoxy) is 2. The Balaban J connectivity index is 1.19. The zero-order valence-corrected chi connectivity index (χ0v) is 22.0. The highest BCUT2D eigenvalue weighted by Crippen LogP contribution is 2.36. The van der Waals surface area contributed by atoms with E-state index in [9.17, 15) is 0 Å². The Hall–Kier alpha value is -3.93. The van der Waals surface area contributed by atoms with Gasteiger partial charge in [0.2, 0.25) is 0 Å². The Morgan fingerprint density at radius 2 is 2.03 bits per heavy atom. The number of anilines is 3. The predicted octanol–water partition coefficient (Wildman–Crippen LogP) is 5.00. The van der Waals surface area contributed by atoms with Crippen LogP contribution in [-0.4, -0.2) is 63.9 Å². The van der Waals surface area contributed by atoms with Gasteiger partial charge < -0.3 is 29.5 Å². The lowest BCUT2D eigenvalue weighted by Gasteiger charge is -2.26. The van der Waals surface area contributed by atoms with Gasteiger partial charge in [0.1, 0.15) is 29.1 Å². The average molecular weight is 552 g/mol. The van der Waals surface area contributed by atoms with Crippen LogP contribution < -0.4 is 15.8 Å². The normalized spacial score (nSPS) is 14.3. The summed E-state index contributed by atoms with van der Waals surface area (Å²) in [5.41, 5.74) is 9.30. The van der Waals surface area contributed by atoms with E-state index in [0.29, 0.717) is 50.9 Å². The predicted molar refractivity (Wildman–Crippen MR) is 148 cm³/mol. The quantitative estimate of drug-likeness (QED) is 0.257. The standard InChI is InChI=1S/C27H27ClFN7O3/c1-35-14-18(23-25(30)31-15-32-26(23)35)16-3-4-20(19(29)11-16)33-27-34-21-12-17(28)13-22(24(21)39-27)38-8-2-5-36-6-9-37-10-7-36/h3-4,11-15H,2,5-10H2,1H3,(H,33,34)(H2,30,31,32). The van der Waals surface area contributed by atoms with Crippen molar-refractivity contribution in [2.45, 2.75) is 6.42 Å². The highest BCUT2D eigenvalue weighted by Gasteiger charge is 2.18. The minimum absolute atomic E-state index is 0.125. The van der Waals surface area contributed by atoms with E-state index in [4.69, 9.17) is 31.2 Å². The van der Waals surface area contributed by atoms with Gasteiger partial charge in [-0.2, -0.15) is 4.98 Å². The molecule has 39 heavy (non-hydrogen) atoms. The maximum absolute atomic E-state index is 15.2. The summed E-state index contributed by atoms with van der Waals surface area (Å²) in [6.45, 7) is 4.81. The summed E-state index contributed by atoms with van der Waals surface area (Å²) >= 11 is 6.30. The van der Waals surface area contributed by atoms with Gasteiger partial charge in [0, 0.05) is 49.5 Å². The van der Waals surface area contributed by atoms with Crippen molar-refractivity contribution in [2.75, 3.05) is 50.5 Å². The van der Waals surface area contributed by atoms with Gasteiger partial charge >= 0.3 is 0 Å². The fourth-order valence-electron chi connectivity index (χ4n) is 4.78. The lowest BCUT2D eigenvalue weighted by Crippen LogP contribution is -2.37. The summed E-state index contributed by atoms with van der Waals surface area (Å²) in [6, 6.07) is 8.33. The molecule has 3 aromatic heterocycles. The molecular weight excluding hydrogens is 525 g/mol. The van der Waals surface area contributed by atoms with Gasteiger partial charge in [0.15, 0.2) is 11.3 Å². The van der Waals surface area contributed by atoms with Crippen molar-refractivity contribution in [3.63, 3.8) is 0 Å². The number of nitrogen functional groups attached to an aromatic ring is 1. The van der Waals surface area contributed by atoms with Gasteiger partial charge in [0.25, 0.3) is 6.01 Å². The lowest BCUT2D eigenvalue weighted by atomic mass is 10.1. The van der Waals surface area contributed by atoms with E-state index in [1.807, 2.05) is 17.8 Å². The molecular formula is C27H27ClFN7O3. The van der Waals surface area contributed by atoms with E-state index in [1.165, 1.54) is 12.4 Å². The van der Waals surface area contributed by atoms with Crippen LogP contribution in [0.5, 0.6) is 5.75 Å². The fraction of sp³-hybridized carbons (Fsp3) is 0.296. The molecule has 0 spiro atoms. The van der Waals surface area contributed by atoms with Crippen LogP contribution in [-0.2, 0) is 11.8 Å². The number of aryl methyl sites for hydroxylation is 1. The maximum atomic E-state index is 15.2. The number of fused-ring (bicyclic) bond motifs is 2. The van der Waals surface area contributed by atoms with Crippen LogP contribution in [0, 0.1) is 5.82 Å². The van der Waals surface area contributed by atoms with E-state index in [0.717, 1.165) is 44.8 Å². The largest absolute Gasteiger partial charge is 0.489 e. The van der Waals surface area contributed by atoms with Crippen LogP contribution in [0.15, 0.2) is 47.3 Å². The molecule has 3 N–H and O–H groups in total. The van der Waals surface area contributed by atoms with Crippen LogP contribution in [0.1, 0.15) is 6.42 Å². The van der Waals surface area contributed by atoms with Gasteiger partial charge in [-0.3, -0.25) is 4.90 Å². The van der Waals surface area contributed by atoms with Gasteiger partial charge in [-0.05, 0) is 30.2 Å². The van der Waals surface area contributed by atoms with Crippen molar-refractivity contribution in [2.24, 2.45) is 7.05 Å². The number of rotatable bonds is 8. The Morgan fingerprint density at radius 1 is 1.18 bits per heavy atom. The smallest absolute Gasteiger partial charge is 0.300 e. The number of hydrogen-bond donors (Lipinski definition) is 2. The number of aromatic nitrogens is 4. The molecule has 1 aliphatic rings. The number of nitrogens with zero attached hydrogens (tertiary/aromatic N) is 5. The van der Waals surface area contributed by atoms with Crippen molar-refractivity contribution >= 4 is 51.3 Å². The minimum atomic E-state index is -0.486. The molecule has 0 atom stereocenters. The van der Waals surface area contributed by atoms with Crippen LogP contribution >= 0.6 is 11.6 Å². The Kier molecular flexibility index (Phi) is 6.94. The SMILES string of the molecule is Cn1cc(-c2ccc(Nc3nc4cc(Cl)cc(OCCCN5CCOCC5)c4o3)c(F)c2)c2c(N)ncnc21. The van der Waals surface area contributed by atoms with E-state index in [1.54, 1.807) is 24.3 Å². The summed E-state index contributed by atoms with van der Waals surface area (Å²) < 4.78 is 34.4. The molecule has 1 saturated heterocycles. The average Bonchev–Trinajstić information content (AvgIpc) is 3.49. The number of morpholine rings is 1. The van der Waals surface area contributed by atoms with E-state index in [2.05, 4.69) is 25.2 Å². The van der Waals surface area contributed by atoms with Crippen LogP contribution in [0.2, 0.25) is 5.02 Å². The third-order valence-electron chi connectivity index (χ3n) is 6.71. The van der Waals surface area contributed by atoms with E-state index < -0.39 is 5.82 Å². The number of oxazole rings is 1. The minimum Gasteiger partial charge on any atom is -0.489 e. The fourth-order valence-corrected chi connectivity index (χ4v) is 4.98. The molecule has 1 aliphatic heterocycles. The second kappa shape index (κ2) is 10.7. The van der Waals surface area contributed by atoms with Crippen LogP contribution in [0.25, 0.3) is 33.3 Å². The highest BCUT2D eigenvalue weighted by atomic mass is 35.5. The van der Waals surface area contributed by atoms with Gasteiger partial charge in [-0.1, -0.05) is 17.7 Å². The Morgan fingerprint density at radius 3 is 2.85 bits per heavy atom. The van der Waals surface area contributed by atoms with E-state index in [-0.39, 0.29) is 11.7 Å². The van der Waals surface area contributed by atoms with Crippen LogP contribution in [0.3, 0.4) is 0 Å². The first-order valence-corrected chi connectivity index (χ1v) is 13.0. The molecule has 12 heteroatoms. The number of hydrogen-bond acceptors (Lipinski definition) is 9. The molecule has 0 bridgehead atoms. The second-order valence-corrected chi connectivity index (χ2v) is 9.79. The number of nitrogens with one attached hydrogen (secondary N) is 1. The van der Waals surface area contributed by atoms with Crippen molar-refractivity contribution in [3.05, 3.63) is 53.7 Å². The van der Waals surface area contributed by atoms with Crippen molar-refractivity contribution in [3.8, 4) is 16.9 Å². The number of nitrogens with two attached hydrogens (primary N) is 1. The third kappa shape index (κ3) is 5.20. The van der Waals surface area contributed by atoms with Crippen molar-refractivity contribution in [1.82, 2.24) is 24.4 Å². The summed E-state index contributed by atoms with van der Waals surface area (Å²) in [7, 11) is 1.85. The first kappa shape index (κ1) is 25.4. The second-order valence-electron chi connectivity index (χ2n) is 9.36. The third-order valence-corrected chi connectivity index (χ3v) is 6.92. The van der Waals surface area contributed by atoms with Crippen molar-refractivity contribution < 1.29 is 18.3 Å². The van der Waals surface area contributed by atoms with Gasteiger partial charge in [-0.25, -0.2) is 14.4 Å². The van der Waals surface area contributed by atoms with Gasteiger partial charge in [-0.15, -0.1) is 0 Å². The topological polar surface area (TPSA) is 116 Å². The molecule has 1 fully saturated rings. The van der Waals surface area contributed by atoms with Gasteiger partial charge in [0.05, 0.1) is 30.9 Å². The Bertz CT molecular complexity index is 1650. The first-order chi connectivity index (χ1) is 19.0. The molecule has 6 rings (SSSR count). The zero-order valence-electron chi connectivity index (χ0n) is 21.3. The highest BCUT2D eigenvalue weighted by molar-refractivity contribution is 6.31. The van der Waals surface area contributed by atoms with Crippen molar-refractivity contribution in [1.29, 1.82) is 0 Å². The number of halogens is 2. The Labute approximate surface area is 228 Å². The molecule has 4 heterocycles. The molecule has 2 aromatic carbocycles. The summed E-state index contributed by atoms with van der Waals surface area (Å²) in [6.07, 6.45) is 4.11. The molecule has 0 aliphatic carbocycles. The summed E-state index contributed by atoms with van der Waals surface area (Å²) in [5.74, 6) is 0.342. The first-order valence-electron chi connectivity index (χ1n) is 12.6. The number of benzene rings is 2. The molecule has 202 valence electrons. The molecule has 0 saturated carbocycles. The molecule has 10 nitrogen and oxygen atoms in total. The maximum Gasteiger partial charge on any atom is 0.300 e. The molecule has 0 radical (unpaired) electrons. The van der Waals surface area contributed by atoms with Crippen LogP contribution in [0.4, 0.5) is 21.9 Å². The molecule has 5 aromatic rings.